The topological polar surface area (TPSA) is 114 Å². The largest absolute Gasteiger partial charge is 0.490 e. The van der Waals surface area contributed by atoms with E-state index in [4.69, 9.17) is 16.0 Å². The van der Waals surface area contributed by atoms with E-state index in [1.807, 2.05) is 0 Å². The molecule has 2 N–H and O–H groups in total. The minimum absolute atomic E-state index is 0.0538. The molecule has 0 saturated heterocycles. The molecule has 12 heteroatoms. The Labute approximate surface area is 190 Å². The van der Waals surface area contributed by atoms with Crippen LogP contribution < -0.4 is 10.5 Å². The highest BCUT2D eigenvalue weighted by Crippen LogP contribution is 2.38. The predicted octanol–water partition coefficient (Wildman–Crippen LogP) is 5.71. The minimum Gasteiger partial charge on any atom is -0.490 e. The van der Waals surface area contributed by atoms with Crippen LogP contribution in [0.5, 0.6) is 5.75 Å². The van der Waals surface area contributed by atoms with Gasteiger partial charge in [0.25, 0.3) is 5.92 Å². The molecule has 2 heterocycles. The number of alkyl halides is 2. The number of rotatable bonds is 8. The first-order chi connectivity index (χ1) is 16.3. The molecule has 4 rings (SSSR count). The first-order valence-electron chi connectivity index (χ1n) is 9.99. The summed E-state index contributed by atoms with van der Waals surface area (Å²) in [5.41, 5.74) is 15.3. The summed E-state index contributed by atoms with van der Waals surface area (Å²) in [6.45, 7) is -0.564. The van der Waals surface area contributed by atoms with Crippen LogP contribution in [-0.4, -0.2) is 27.1 Å². The molecule has 1 atom stereocenters. The zero-order valence-electron chi connectivity index (χ0n) is 17.4. The molecule has 0 saturated carbocycles. The molecule has 0 aliphatic heterocycles. The van der Waals surface area contributed by atoms with Crippen LogP contribution in [-0.2, 0) is 0 Å². The third-order valence-corrected chi connectivity index (χ3v) is 5.07. The predicted molar refractivity (Wildman–Crippen MR) is 116 cm³/mol. The molecule has 8 nitrogen and oxygen atoms in total. The van der Waals surface area contributed by atoms with Crippen molar-refractivity contribution in [2.75, 3.05) is 12.3 Å². The van der Waals surface area contributed by atoms with Crippen LogP contribution in [0.15, 0.2) is 65.9 Å². The number of hydrogen-bond acceptors (Lipinski definition) is 5. The van der Waals surface area contributed by atoms with E-state index in [0.29, 0.717) is 11.2 Å². The number of aromatic nitrogens is 3. The summed E-state index contributed by atoms with van der Waals surface area (Å²) in [4.78, 5) is 6.51. The fourth-order valence-corrected chi connectivity index (χ4v) is 3.44. The Bertz CT molecular complexity index is 1370. The molecule has 0 spiro atoms. The summed E-state index contributed by atoms with van der Waals surface area (Å²) in [5, 5.41) is 7.13. The Balaban J connectivity index is 1.50. The highest BCUT2D eigenvalue weighted by molar-refractivity contribution is 5.69. The number of anilines is 1. The fourth-order valence-electron chi connectivity index (χ4n) is 3.44. The lowest BCUT2D eigenvalue weighted by Gasteiger charge is -2.23. The number of ether oxygens (including phenoxy) is 1. The Morgan fingerprint density at radius 3 is 2.65 bits per heavy atom. The van der Waals surface area contributed by atoms with Crippen molar-refractivity contribution in [2.24, 2.45) is 5.11 Å². The van der Waals surface area contributed by atoms with Crippen molar-refractivity contribution < 1.29 is 22.3 Å². The van der Waals surface area contributed by atoms with E-state index in [2.05, 4.69) is 20.1 Å². The van der Waals surface area contributed by atoms with Gasteiger partial charge in [-0.1, -0.05) is 29.4 Å². The third-order valence-electron chi connectivity index (χ3n) is 5.07. The summed E-state index contributed by atoms with van der Waals surface area (Å²) < 4.78 is 64.6. The lowest BCUT2D eigenvalue weighted by Crippen LogP contribution is -2.27. The number of nitrogen functional groups attached to an aromatic ring is 1. The number of pyridine rings is 1. The Morgan fingerprint density at radius 1 is 1.15 bits per heavy atom. The average molecular weight is 471 g/mol. The zero-order valence-corrected chi connectivity index (χ0v) is 17.4. The van der Waals surface area contributed by atoms with Gasteiger partial charge in [0.15, 0.2) is 17.2 Å². The van der Waals surface area contributed by atoms with Gasteiger partial charge in [-0.3, -0.25) is 0 Å². The van der Waals surface area contributed by atoms with E-state index in [1.54, 1.807) is 18.3 Å². The Kier molecular flexibility index (Phi) is 6.24. The second-order valence-corrected chi connectivity index (χ2v) is 7.32. The molecule has 4 aromatic rings. The zero-order chi connectivity index (χ0) is 24.3. The van der Waals surface area contributed by atoms with E-state index in [1.165, 1.54) is 22.7 Å². The van der Waals surface area contributed by atoms with Gasteiger partial charge in [0.1, 0.15) is 11.9 Å². The molecule has 0 aliphatic rings. The van der Waals surface area contributed by atoms with Crippen LogP contribution in [0.1, 0.15) is 18.0 Å². The fraction of sp³-hybridized carbons (Fsp3) is 0.182. The molecule has 174 valence electrons. The number of halogens is 4. The van der Waals surface area contributed by atoms with E-state index in [-0.39, 0.29) is 22.8 Å². The second-order valence-electron chi connectivity index (χ2n) is 7.32. The summed E-state index contributed by atoms with van der Waals surface area (Å²) >= 11 is 0. The summed E-state index contributed by atoms with van der Waals surface area (Å²) in [5.74, 6) is -5.05. The average Bonchev–Trinajstić information content (AvgIpc) is 3.18. The van der Waals surface area contributed by atoms with Crippen LogP contribution in [0.4, 0.5) is 23.5 Å². The van der Waals surface area contributed by atoms with Crippen molar-refractivity contribution in [3.8, 4) is 16.9 Å². The lowest BCUT2D eigenvalue weighted by molar-refractivity contribution is -0.0433. The first kappa shape index (κ1) is 22.9. The van der Waals surface area contributed by atoms with Gasteiger partial charge in [0.2, 0.25) is 5.95 Å². The van der Waals surface area contributed by atoms with Crippen molar-refractivity contribution in [3.05, 3.63) is 88.4 Å². The van der Waals surface area contributed by atoms with Gasteiger partial charge in [-0.05, 0) is 47.0 Å². The molecule has 0 amide bonds. The minimum atomic E-state index is -3.53. The molecule has 2 aromatic carbocycles. The lowest BCUT2D eigenvalue weighted by atomic mass is 9.99. The summed E-state index contributed by atoms with van der Waals surface area (Å²) in [7, 11) is 0. The van der Waals surface area contributed by atoms with Gasteiger partial charge in [-0.25, -0.2) is 22.1 Å². The van der Waals surface area contributed by atoms with Crippen LogP contribution in [0, 0.1) is 11.6 Å². The molecule has 0 radical (unpaired) electrons. The van der Waals surface area contributed by atoms with Gasteiger partial charge in [-0.15, -0.1) is 5.10 Å². The smallest absolute Gasteiger partial charge is 0.263 e. The molecule has 1 unspecified atom stereocenters. The molecule has 2 aromatic heterocycles. The van der Waals surface area contributed by atoms with Crippen LogP contribution in [0.2, 0.25) is 0 Å². The van der Waals surface area contributed by atoms with Crippen LogP contribution in [0.25, 0.3) is 27.2 Å². The summed E-state index contributed by atoms with van der Waals surface area (Å²) in [6, 6.07) is 9.87. The number of benzene rings is 2. The van der Waals surface area contributed by atoms with E-state index in [9.17, 15) is 13.2 Å². The first-order valence-corrected chi connectivity index (χ1v) is 9.99. The molecule has 0 aliphatic carbocycles. The number of hydrogen-bond donors (Lipinski definition) is 1. The normalized spacial score (nSPS) is 12.4. The van der Waals surface area contributed by atoms with E-state index in [0.717, 1.165) is 24.3 Å². The Hall–Kier alpha value is -4.31. The highest BCUT2D eigenvalue weighted by Gasteiger charge is 2.40. The second kappa shape index (κ2) is 9.28. The van der Waals surface area contributed by atoms with Crippen molar-refractivity contribution in [3.63, 3.8) is 0 Å². The molecule has 0 bridgehead atoms. The van der Waals surface area contributed by atoms with E-state index >= 15 is 4.39 Å². The third kappa shape index (κ3) is 4.71. The highest BCUT2D eigenvalue weighted by atomic mass is 19.3. The molecule has 34 heavy (non-hydrogen) atoms. The standard InChI is InChI=1S/C22H17F4N7O/c23-15-6-4-13(5-7-15)20(30-32-28)22(25,26)9-11-34-17-3-1-2-16(19(17)24)14-8-10-33-18(12-14)29-21(27)31-33/h1-8,10,12,20H,9,11H2,(H2,27,31). The number of nitrogens with zero attached hydrogens (tertiary/aromatic N) is 6. The Morgan fingerprint density at radius 2 is 1.91 bits per heavy atom. The summed E-state index contributed by atoms with van der Waals surface area (Å²) in [6.07, 6.45) is 0.690. The van der Waals surface area contributed by atoms with Gasteiger partial charge < -0.3 is 10.5 Å². The maximum absolute atomic E-state index is 15.1. The van der Waals surface area contributed by atoms with Gasteiger partial charge in [-0.2, -0.15) is 4.98 Å². The number of fused-ring (bicyclic) bond motifs is 1. The van der Waals surface area contributed by atoms with Crippen LogP contribution >= 0.6 is 0 Å². The van der Waals surface area contributed by atoms with E-state index < -0.39 is 36.6 Å². The molecular formula is C22H17F4N7O. The number of nitrogens with two attached hydrogens (primary N) is 1. The van der Waals surface area contributed by atoms with Crippen LogP contribution in [0.3, 0.4) is 0 Å². The molecule has 0 fully saturated rings. The van der Waals surface area contributed by atoms with Crippen molar-refractivity contribution in [1.82, 2.24) is 14.6 Å². The molecular weight excluding hydrogens is 454 g/mol. The maximum atomic E-state index is 15.1. The SMILES string of the molecule is [N-]=[N+]=NC(c1ccc(F)cc1)C(F)(F)CCOc1cccc(-c2ccn3nc(N)nc3c2)c1F. The van der Waals surface area contributed by atoms with Gasteiger partial charge in [0, 0.05) is 23.1 Å². The van der Waals surface area contributed by atoms with Crippen molar-refractivity contribution in [2.45, 2.75) is 18.4 Å². The maximum Gasteiger partial charge on any atom is 0.263 e. The quantitative estimate of drug-likeness (QED) is 0.153. The number of azide groups is 1. The monoisotopic (exact) mass is 471 g/mol. The van der Waals surface area contributed by atoms with Crippen molar-refractivity contribution >= 4 is 11.6 Å². The van der Waals surface area contributed by atoms with Gasteiger partial charge in [0.05, 0.1) is 6.61 Å². The van der Waals surface area contributed by atoms with Crippen molar-refractivity contribution in [1.29, 1.82) is 0 Å². The van der Waals surface area contributed by atoms with Gasteiger partial charge >= 0.3 is 0 Å².